The molecule has 1 aliphatic heterocycles. The fourth-order valence-corrected chi connectivity index (χ4v) is 3.15. The van der Waals surface area contributed by atoms with Crippen molar-refractivity contribution < 1.29 is 0 Å². The number of piperidine rings is 1. The van der Waals surface area contributed by atoms with Gasteiger partial charge in [-0.2, -0.15) is 0 Å². The lowest BCUT2D eigenvalue weighted by molar-refractivity contribution is 0.203. The van der Waals surface area contributed by atoms with E-state index in [2.05, 4.69) is 63.6 Å². The molecule has 1 fully saturated rings. The van der Waals surface area contributed by atoms with Crippen LogP contribution in [0.25, 0.3) is 0 Å². The van der Waals surface area contributed by atoms with Crippen LogP contribution in [0.5, 0.6) is 0 Å². The Bertz CT molecular complexity index is 621. The molecule has 2 aromatic rings. The number of rotatable bonds is 4. The number of aryl methyl sites for hydroxylation is 2. The SMILES string of the molecule is Cc1cccc(N2CCCC(N(C)Cc3cncn3C)C2)n1. The Hall–Kier alpha value is -1.88. The molecular formula is C17H25N5. The first kappa shape index (κ1) is 15.0. The van der Waals surface area contributed by atoms with Gasteiger partial charge in [-0.3, -0.25) is 4.90 Å². The summed E-state index contributed by atoms with van der Waals surface area (Å²) in [5, 5.41) is 0. The Morgan fingerprint density at radius 3 is 2.95 bits per heavy atom. The molecule has 0 N–H and O–H groups in total. The first-order chi connectivity index (χ1) is 10.6. The van der Waals surface area contributed by atoms with Crippen LogP contribution in [-0.2, 0) is 13.6 Å². The number of nitrogens with zero attached hydrogens (tertiary/aromatic N) is 5. The van der Waals surface area contributed by atoms with Crippen molar-refractivity contribution in [3.63, 3.8) is 0 Å². The van der Waals surface area contributed by atoms with Gasteiger partial charge in [-0.15, -0.1) is 0 Å². The van der Waals surface area contributed by atoms with Crippen LogP contribution in [0.3, 0.4) is 0 Å². The van der Waals surface area contributed by atoms with Crippen LogP contribution in [0.15, 0.2) is 30.7 Å². The zero-order valence-electron chi connectivity index (χ0n) is 13.7. The van der Waals surface area contributed by atoms with Gasteiger partial charge in [0.1, 0.15) is 5.82 Å². The molecule has 118 valence electrons. The van der Waals surface area contributed by atoms with Gasteiger partial charge in [-0.25, -0.2) is 9.97 Å². The van der Waals surface area contributed by atoms with E-state index >= 15 is 0 Å². The van der Waals surface area contributed by atoms with E-state index in [0.29, 0.717) is 6.04 Å². The number of imidazole rings is 1. The second-order valence-electron chi connectivity index (χ2n) is 6.29. The molecule has 1 saturated heterocycles. The first-order valence-electron chi connectivity index (χ1n) is 7.97. The van der Waals surface area contributed by atoms with Crippen LogP contribution in [0.1, 0.15) is 24.2 Å². The second kappa shape index (κ2) is 6.48. The summed E-state index contributed by atoms with van der Waals surface area (Å²) < 4.78 is 2.10. The summed E-state index contributed by atoms with van der Waals surface area (Å²) in [5.74, 6) is 1.11. The highest BCUT2D eigenvalue weighted by molar-refractivity contribution is 5.40. The molecule has 0 spiro atoms. The third kappa shape index (κ3) is 3.30. The van der Waals surface area contributed by atoms with Gasteiger partial charge in [0.2, 0.25) is 0 Å². The molecular weight excluding hydrogens is 274 g/mol. The van der Waals surface area contributed by atoms with Crippen LogP contribution in [0.4, 0.5) is 5.82 Å². The van der Waals surface area contributed by atoms with Crippen molar-refractivity contribution in [3.8, 4) is 0 Å². The minimum Gasteiger partial charge on any atom is -0.355 e. The fraction of sp³-hybridized carbons (Fsp3) is 0.529. The summed E-state index contributed by atoms with van der Waals surface area (Å²) in [6.45, 7) is 5.15. The van der Waals surface area contributed by atoms with Crippen molar-refractivity contribution in [2.45, 2.75) is 32.4 Å². The van der Waals surface area contributed by atoms with Crippen molar-refractivity contribution in [2.24, 2.45) is 7.05 Å². The maximum Gasteiger partial charge on any atom is 0.128 e. The monoisotopic (exact) mass is 299 g/mol. The highest BCUT2D eigenvalue weighted by Crippen LogP contribution is 2.21. The summed E-state index contributed by atoms with van der Waals surface area (Å²) in [6.07, 6.45) is 6.29. The summed E-state index contributed by atoms with van der Waals surface area (Å²) in [4.78, 5) is 13.7. The third-order valence-corrected chi connectivity index (χ3v) is 4.55. The van der Waals surface area contributed by atoms with Crippen LogP contribution in [0, 0.1) is 6.92 Å². The van der Waals surface area contributed by atoms with E-state index in [4.69, 9.17) is 0 Å². The number of hydrogen-bond donors (Lipinski definition) is 0. The lowest BCUT2D eigenvalue weighted by atomic mass is 10.0. The van der Waals surface area contributed by atoms with Gasteiger partial charge in [0.25, 0.3) is 0 Å². The van der Waals surface area contributed by atoms with Gasteiger partial charge in [0.15, 0.2) is 0 Å². The Balaban J connectivity index is 1.66. The van der Waals surface area contributed by atoms with E-state index in [0.717, 1.165) is 31.1 Å². The standard InChI is InChI=1S/C17H25N5/c1-14-6-4-8-17(19-14)22-9-5-7-15(12-22)20(2)11-16-10-18-13-21(16)3/h4,6,8,10,13,15H,5,7,9,11-12H2,1-3H3. The predicted molar refractivity (Wildman–Crippen MR) is 88.9 cm³/mol. The molecule has 3 rings (SSSR count). The lowest BCUT2D eigenvalue weighted by Crippen LogP contribution is -2.46. The number of likely N-dealkylation sites (N-methyl/N-ethyl adjacent to an activating group) is 1. The molecule has 5 nitrogen and oxygen atoms in total. The van der Waals surface area contributed by atoms with E-state index in [-0.39, 0.29) is 0 Å². The number of anilines is 1. The molecule has 22 heavy (non-hydrogen) atoms. The number of hydrogen-bond acceptors (Lipinski definition) is 4. The number of pyridine rings is 1. The maximum atomic E-state index is 4.67. The van der Waals surface area contributed by atoms with Crippen LogP contribution < -0.4 is 4.90 Å². The van der Waals surface area contributed by atoms with Crippen LogP contribution in [-0.4, -0.2) is 45.6 Å². The average molecular weight is 299 g/mol. The first-order valence-corrected chi connectivity index (χ1v) is 7.97. The Morgan fingerprint density at radius 1 is 1.36 bits per heavy atom. The van der Waals surface area contributed by atoms with Crippen molar-refractivity contribution >= 4 is 5.82 Å². The second-order valence-corrected chi connectivity index (χ2v) is 6.29. The van der Waals surface area contributed by atoms with Crippen molar-refractivity contribution in [1.29, 1.82) is 0 Å². The van der Waals surface area contributed by atoms with Crippen molar-refractivity contribution in [2.75, 3.05) is 25.0 Å². The molecule has 0 bridgehead atoms. The molecule has 2 aromatic heterocycles. The molecule has 1 atom stereocenters. The van der Waals surface area contributed by atoms with Crippen LogP contribution >= 0.6 is 0 Å². The zero-order valence-corrected chi connectivity index (χ0v) is 13.7. The summed E-state index contributed by atoms with van der Waals surface area (Å²) in [6, 6.07) is 6.84. The summed E-state index contributed by atoms with van der Waals surface area (Å²) >= 11 is 0. The van der Waals surface area contributed by atoms with Gasteiger partial charge >= 0.3 is 0 Å². The highest BCUT2D eigenvalue weighted by atomic mass is 15.3. The fourth-order valence-electron chi connectivity index (χ4n) is 3.15. The van der Waals surface area contributed by atoms with Gasteiger partial charge in [0, 0.05) is 44.6 Å². The van der Waals surface area contributed by atoms with Crippen molar-refractivity contribution in [1.82, 2.24) is 19.4 Å². The molecule has 1 unspecified atom stereocenters. The van der Waals surface area contributed by atoms with Gasteiger partial charge in [0.05, 0.1) is 12.0 Å². The number of aromatic nitrogens is 3. The van der Waals surface area contributed by atoms with E-state index in [1.54, 1.807) is 0 Å². The molecule has 0 radical (unpaired) electrons. The molecule has 3 heterocycles. The van der Waals surface area contributed by atoms with Gasteiger partial charge in [-0.05, 0) is 38.9 Å². The zero-order chi connectivity index (χ0) is 15.5. The third-order valence-electron chi connectivity index (χ3n) is 4.55. The largest absolute Gasteiger partial charge is 0.355 e. The van der Waals surface area contributed by atoms with Crippen molar-refractivity contribution in [3.05, 3.63) is 42.1 Å². The Kier molecular flexibility index (Phi) is 4.43. The molecule has 0 saturated carbocycles. The molecule has 1 aliphatic rings. The Labute approximate surface area is 132 Å². The topological polar surface area (TPSA) is 37.2 Å². The van der Waals surface area contributed by atoms with Crippen LogP contribution in [0.2, 0.25) is 0 Å². The Morgan fingerprint density at radius 2 is 2.23 bits per heavy atom. The molecule has 0 aromatic carbocycles. The van der Waals surface area contributed by atoms with E-state index in [1.807, 2.05) is 12.5 Å². The predicted octanol–water partition coefficient (Wildman–Crippen LogP) is 2.22. The minimum absolute atomic E-state index is 0.561. The average Bonchev–Trinajstić information content (AvgIpc) is 2.92. The minimum atomic E-state index is 0.561. The molecule has 0 amide bonds. The van der Waals surface area contributed by atoms with E-state index in [9.17, 15) is 0 Å². The van der Waals surface area contributed by atoms with E-state index < -0.39 is 0 Å². The smallest absolute Gasteiger partial charge is 0.128 e. The summed E-state index contributed by atoms with van der Waals surface area (Å²) in [5.41, 5.74) is 2.34. The maximum absolute atomic E-state index is 4.67. The van der Waals surface area contributed by atoms with E-state index in [1.165, 1.54) is 18.5 Å². The quantitative estimate of drug-likeness (QED) is 0.867. The highest BCUT2D eigenvalue weighted by Gasteiger charge is 2.24. The van der Waals surface area contributed by atoms with Gasteiger partial charge in [-0.1, -0.05) is 6.07 Å². The van der Waals surface area contributed by atoms with Gasteiger partial charge < -0.3 is 9.47 Å². The normalized spacial score (nSPS) is 18.9. The summed E-state index contributed by atoms with van der Waals surface area (Å²) in [7, 11) is 4.27. The molecule has 5 heteroatoms. The lowest BCUT2D eigenvalue weighted by Gasteiger charge is -2.38. The molecule has 0 aliphatic carbocycles.